The van der Waals surface area contributed by atoms with Crippen LogP contribution in [0.5, 0.6) is 0 Å². The van der Waals surface area contributed by atoms with Gasteiger partial charge in [-0.1, -0.05) is 0 Å². The van der Waals surface area contributed by atoms with E-state index < -0.39 is 24.5 Å². The molecule has 1 saturated carbocycles. The molecular formula is C15H22FN3O4. The maximum absolute atomic E-state index is 12.8. The summed E-state index contributed by atoms with van der Waals surface area (Å²) in [4.78, 5) is 28.9. The molecule has 0 saturated heterocycles. The van der Waals surface area contributed by atoms with Crippen molar-refractivity contribution in [1.29, 1.82) is 0 Å². The summed E-state index contributed by atoms with van der Waals surface area (Å²) < 4.78 is 19.1. The van der Waals surface area contributed by atoms with Crippen LogP contribution in [0, 0.1) is 0 Å². The zero-order valence-electron chi connectivity index (χ0n) is 13.6. The summed E-state index contributed by atoms with van der Waals surface area (Å²) in [6.45, 7) is 4.17. The van der Waals surface area contributed by atoms with Crippen LogP contribution in [-0.4, -0.2) is 50.6 Å². The minimum atomic E-state index is -1.15. The molecule has 1 N–H and O–H groups in total. The van der Waals surface area contributed by atoms with Gasteiger partial charge in [0.05, 0.1) is 25.0 Å². The van der Waals surface area contributed by atoms with E-state index in [-0.39, 0.29) is 19.0 Å². The number of nitrogens with zero attached hydrogens (tertiary/aromatic N) is 3. The van der Waals surface area contributed by atoms with Gasteiger partial charge < -0.3 is 9.84 Å². The number of rotatable bonds is 5. The van der Waals surface area contributed by atoms with Gasteiger partial charge in [0.25, 0.3) is 0 Å². The lowest BCUT2D eigenvalue weighted by Gasteiger charge is -2.26. The van der Waals surface area contributed by atoms with Crippen LogP contribution in [0.2, 0.25) is 0 Å². The second-order valence-corrected chi connectivity index (χ2v) is 6.59. The fourth-order valence-electron chi connectivity index (χ4n) is 2.22. The van der Waals surface area contributed by atoms with Crippen molar-refractivity contribution in [1.82, 2.24) is 14.5 Å². The van der Waals surface area contributed by atoms with E-state index >= 15 is 0 Å². The molecule has 0 spiro atoms. The highest BCUT2D eigenvalue weighted by Crippen LogP contribution is 2.39. The second-order valence-electron chi connectivity index (χ2n) is 6.59. The van der Waals surface area contributed by atoms with E-state index in [0.29, 0.717) is 11.5 Å². The molecule has 1 aliphatic carbocycles. The number of carboxylic acid groups (broad SMARTS) is 1. The molecule has 0 atom stereocenters. The van der Waals surface area contributed by atoms with Gasteiger partial charge in [-0.2, -0.15) is 0 Å². The first-order chi connectivity index (χ1) is 10.7. The highest BCUT2D eigenvalue weighted by atomic mass is 19.1. The Morgan fingerprint density at radius 2 is 2.13 bits per heavy atom. The first-order valence-electron chi connectivity index (χ1n) is 7.56. The molecule has 0 unspecified atom stereocenters. The van der Waals surface area contributed by atoms with Crippen molar-refractivity contribution < 1.29 is 23.8 Å². The Kier molecular flexibility index (Phi) is 4.91. The van der Waals surface area contributed by atoms with E-state index in [1.54, 1.807) is 20.8 Å². The summed E-state index contributed by atoms with van der Waals surface area (Å²) in [6, 6.07) is 0. The standard InChI is InChI=1S/C15H22FN3O4/c1-15(2,3)23-14(22)18(7-6-16)9-11-8-17-12(10-4-5-10)19(11)13(20)21/h8,10H,4-7,9H2,1-3H3,(H,20,21). The molecule has 8 heteroatoms. The number of amides is 1. The average Bonchev–Trinajstić information content (AvgIpc) is 3.17. The SMILES string of the molecule is CC(C)(C)OC(=O)N(CCF)Cc1cnc(C2CC2)n1C(=O)O. The van der Waals surface area contributed by atoms with E-state index in [4.69, 9.17) is 4.74 Å². The lowest BCUT2D eigenvalue weighted by atomic mass is 10.2. The van der Waals surface area contributed by atoms with Gasteiger partial charge in [0.1, 0.15) is 18.1 Å². The Morgan fingerprint density at radius 1 is 1.48 bits per heavy atom. The Bertz CT molecular complexity index is 590. The zero-order valence-corrected chi connectivity index (χ0v) is 13.6. The summed E-state index contributed by atoms with van der Waals surface area (Å²) in [7, 11) is 0. The molecule has 1 amide bonds. The highest BCUT2D eigenvalue weighted by molar-refractivity contribution is 5.71. The number of ether oxygens (including phenoxy) is 1. The van der Waals surface area contributed by atoms with Gasteiger partial charge in [0, 0.05) is 5.92 Å². The molecule has 1 heterocycles. The van der Waals surface area contributed by atoms with E-state index in [9.17, 15) is 19.1 Å². The predicted octanol–water partition coefficient (Wildman–Crippen LogP) is 2.99. The third kappa shape index (κ3) is 4.43. The summed E-state index contributed by atoms with van der Waals surface area (Å²) in [5, 5.41) is 9.39. The Hall–Kier alpha value is -2.12. The Morgan fingerprint density at radius 3 is 2.61 bits per heavy atom. The summed E-state index contributed by atoms with van der Waals surface area (Å²) in [5.74, 6) is 0.632. The lowest BCUT2D eigenvalue weighted by molar-refractivity contribution is 0.0218. The molecule has 1 aliphatic rings. The number of carbonyl (C=O) groups is 2. The first kappa shape index (κ1) is 17.2. The van der Waals surface area contributed by atoms with E-state index in [0.717, 1.165) is 22.3 Å². The quantitative estimate of drug-likeness (QED) is 0.898. The number of hydrogen-bond acceptors (Lipinski definition) is 4. The molecule has 0 aliphatic heterocycles. The van der Waals surface area contributed by atoms with Gasteiger partial charge in [-0.25, -0.2) is 23.5 Å². The number of alkyl halides is 1. The van der Waals surface area contributed by atoms with E-state index in [1.165, 1.54) is 6.20 Å². The van der Waals surface area contributed by atoms with Crippen LogP contribution < -0.4 is 0 Å². The molecule has 0 aromatic carbocycles. The molecule has 128 valence electrons. The molecule has 1 aromatic rings. The number of imidazole rings is 1. The number of hydrogen-bond donors (Lipinski definition) is 1. The van der Waals surface area contributed by atoms with Crippen LogP contribution in [-0.2, 0) is 11.3 Å². The number of aromatic nitrogens is 2. The van der Waals surface area contributed by atoms with E-state index in [2.05, 4.69) is 4.98 Å². The lowest BCUT2D eigenvalue weighted by Crippen LogP contribution is -2.38. The molecule has 23 heavy (non-hydrogen) atoms. The van der Waals surface area contributed by atoms with Crippen LogP contribution in [0.4, 0.5) is 14.0 Å². The van der Waals surface area contributed by atoms with Crippen molar-refractivity contribution in [3.05, 3.63) is 17.7 Å². The van der Waals surface area contributed by atoms with Crippen molar-refractivity contribution in [3.8, 4) is 0 Å². The smallest absolute Gasteiger partial charge is 0.417 e. The molecular weight excluding hydrogens is 305 g/mol. The van der Waals surface area contributed by atoms with Crippen LogP contribution in [0.3, 0.4) is 0 Å². The maximum atomic E-state index is 12.8. The molecule has 1 fully saturated rings. The minimum Gasteiger partial charge on any atom is -0.464 e. The van der Waals surface area contributed by atoms with Crippen molar-refractivity contribution >= 4 is 12.2 Å². The monoisotopic (exact) mass is 327 g/mol. The fourth-order valence-corrected chi connectivity index (χ4v) is 2.22. The topological polar surface area (TPSA) is 84.7 Å². The first-order valence-corrected chi connectivity index (χ1v) is 7.56. The largest absolute Gasteiger partial charge is 0.464 e. The minimum absolute atomic E-state index is 0.0646. The molecule has 0 radical (unpaired) electrons. The number of carbonyl (C=O) groups excluding carboxylic acids is 1. The second kappa shape index (κ2) is 6.55. The van der Waals surface area contributed by atoms with Gasteiger partial charge in [-0.3, -0.25) is 4.90 Å². The molecule has 2 rings (SSSR count). The normalized spacial score (nSPS) is 14.6. The van der Waals surface area contributed by atoms with E-state index in [1.807, 2.05) is 0 Å². The fraction of sp³-hybridized carbons (Fsp3) is 0.667. The molecule has 1 aromatic heterocycles. The van der Waals surface area contributed by atoms with Crippen molar-refractivity contribution in [2.75, 3.05) is 13.2 Å². The van der Waals surface area contributed by atoms with Crippen LogP contribution in [0.15, 0.2) is 6.20 Å². The van der Waals surface area contributed by atoms with Crippen molar-refractivity contribution in [3.63, 3.8) is 0 Å². The van der Waals surface area contributed by atoms with Gasteiger partial charge in [0.15, 0.2) is 0 Å². The summed E-state index contributed by atoms with van der Waals surface area (Å²) in [6.07, 6.45) is 1.41. The van der Waals surface area contributed by atoms with Crippen LogP contribution in [0.1, 0.15) is 51.0 Å². The predicted molar refractivity (Wildman–Crippen MR) is 80.2 cm³/mol. The Labute approximate surface area is 134 Å². The molecule has 0 bridgehead atoms. The maximum Gasteiger partial charge on any atom is 0.417 e. The third-order valence-corrected chi connectivity index (χ3v) is 3.35. The van der Waals surface area contributed by atoms with Crippen molar-refractivity contribution in [2.24, 2.45) is 0 Å². The summed E-state index contributed by atoms with van der Waals surface area (Å²) in [5.41, 5.74) is -0.378. The molecule has 7 nitrogen and oxygen atoms in total. The van der Waals surface area contributed by atoms with Crippen LogP contribution in [0.25, 0.3) is 0 Å². The number of halogens is 1. The third-order valence-electron chi connectivity index (χ3n) is 3.35. The Balaban J connectivity index is 2.19. The van der Waals surface area contributed by atoms with Crippen LogP contribution >= 0.6 is 0 Å². The van der Waals surface area contributed by atoms with Gasteiger partial charge in [-0.15, -0.1) is 0 Å². The van der Waals surface area contributed by atoms with Gasteiger partial charge in [0.2, 0.25) is 0 Å². The highest BCUT2D eigenvalue weighted by Gasteiger charge is 2.32. The zero-order chi connectivity index (χ0) is 17.2. The van der Waals surface area contributed by atoms with Gasteiger partial charge in [-0.05, 0) is 33.6 Å². The summed E-state index contributed by atoms with van der Waals surface area (Å²) >= 11 is 0. The average molecular weight is 327 g/mol. The van der Waals surface area contributed by atoms with Gasteiger partial charge >= 0.3 is 12.2 Å². The van der Waals surface area contributed by atoms with Crippen molar-refractivity contribution in [2.45, 2.75) is 51.7 Å².